The van der Waals surface area contributed by atoms with E-state index in [0.29, 0.717) is 0 Å². The lowest BCUT2D eigenvalue weighted by Gasteiger charge is -2.03. The molecule has 0 heterocycles. The summed E-state index contributed by atoms with van der Waals surface area (Å²) in [5.74, 6) is 0. The van der Waals surface area contributed by atoms with Crippen LogP contribution in [0.2, 0.25) is 0 Å². The van der Waals surface area contributed by atoms with Gasteiger partial charge in [-0.15, -0.1) is 0 Å². The van der Waals surface area contributed by atoms with Gasteiger partial charge in [0.15, 0.2) is 6.29 Å². The Morgan fingerprint density at radius 2 is 1.71 bits per heavy atom. The van der Waals surface area contributed by atoms with Crippen molar-refractivity contribution >= 4 is 6.29 Å². The van der Waals surface area contributed by atoms with Crippen molar-refractivity contribution in [2.24, 2.45) is 0 Å². The lowest BCUT2D eigenvalue weighted by molar-refractivity contribution is -0.104. The lowest BCUT2D eigenvalue weighted by Crippen LogP contribution is -2.05. The second-order valence-electron chi connectivity index (χ2n) is 4.01. The number of aldehydes is 1. The first-order chi connectivity index (χ1) is 7.97. The van der Waals surface area contributed by atoms with E-state index >= 15 is 0 Å². The Bertz CT molecular complexity index is 234. The molecule has 0 rings (SSSR count). The van der Waals surface area contributed by atoms with Crippen LogP contribution in [0, 0.1) is 0 Å². The topological polar surface area (TPSA) is 35.5 Å². The van der Waals surface area contributed by atoms with Crippen LogP contribution in [0.15, 0.2) is 23.3 Å². The van der Waals surface area contributed by atoms with Crippen LogP contribution in [-0.2, 0) is 14.3 Å². The number of rotatable bonds is 6. The van der Waals surface area contributed by atoms with Gasteiger partial charge in [0.2, 0.25) is 0 Å². The molecule has 0 radical (unpaired) electrons. The zero-order valence-electron chi connectivity index (χ0n) is 11.9. The fraction of sp³-hybridized carbons (Fsp3) is 0.643. The number of hydrogen-bond acceptors (Lipinski definition) is 3. The fourth-order valence-corrected chi connectivity index (χ4v) is 0.884. The summed E-state index contributed by atoms with van der Waals surface area (Å²) in [6.45, 7) is 7.98. The molecule has 0 saturated carbocycles. The smallest absolute Gasteiger partial charge is 0.154 e. The van der Waals surface area contributed by atoms with Gasteiger partial charge in [-0.1, -0.05) is 17.2 Å². The van der Waals surface area contributed by atoms with Crippen LogP contribution < -0.4 is 0 Å². The van der Waals surface area contributed by atoms with Crippen LogP contribution in [0.3, 0.4) is 0 Å². The first-order valence-electron chi connectivity index (χ1n) is 5.77. The molecule has 0 atom stereocenters. The van der Waals surface area contributed by atoms with Crippen molar-refractivity contribution in [1.82, 2.24) is 0 Å². The van der Waals surface area contributed by atoms with E-state index in [0.717, 1.165) is 24.7 Å². The average Bonchev–Trinajstić information content (AvgIpc) is 2.28. The molecule has 0 aromatic heterocycles. The van der Waals surface area contributed by atoms with Gasteiger partial charge in [0.25, 0.3) is 0 Å². The van der Waals surface area contributed by atoms with Crippen molar-refractivity contribution in [2.45, 2.75) is 46.8 Å². The molecule has 0 saturated heterocycles. The maximum absolute atomic E-state index is 10.0. The molecule has 0 unspecified atom stereocenters. The highest BCUT2D eigenvalue weighted by Crippen LogP contribution is 2.05. The third-order valence-corrected chi connectivity index (χ3v) is 2.11. The van der Waals surface area contributed by atoms with Gasteiger partial charge in [-0.3, -0.25) is 4.79 Å². The highest BCUT2D eigenvalue weighted by atomic mass is 16.7. The van der Waals surface area contributed by atoms with Crippen molar-refractivity contribution in [3.8, 4) is 0 Å². The Kier molecular flexibility index (Phi) is 14.2. The van der Waals surface area contributed by atoms with E-state index in [1.807, 2.05) is 13.8 Å². The molecule has 0 aliphatic heterocycles. The minimum Gasteiger partial charge on any atom is -0.356 e. The van der Waals surface area contributed by atoms with Gasteiger partial charge >= 0.3 is 0 Å². The quantitative estimate of drug-likeness (QED) is 0.309. The molecule has 0 aliphatic carbocycles. The van der Waals surface area contributed by atoms with E-state index in [2.05, 4.69) is 29.4 Å². The van der Waals surface area contributed by atoms with Crippen LogP contribution in [0.5, 0.6) is 0 Å². The monoisotopic (exact) mass is 242 g/mol. The number of hydrogen-bond donors (Lipinski definition) is 0. The van der Waals surface area contributed by atoms with Gasteiger partial charge in [0.1, 0.15) is 6.29 Å². The van der Waals surface area contributed by atoms with Crippen LogP contribution in [0.25, 0.3) is 0 Å². The number of methoxy groups -OCH3 is 2. The van der Waals surface area contributed by atoms with Crippen molar-refractivity contribution in [3.63, 3.8) is 0 Å². The number of ether oxygens (including phenoxy) is 2. The number of carbonyl (C=O) groups is 1. The van der Waals surface area contributed by atoms with Gasteiger partial charge in [0.05, 0.1) is 0 Å². The van der Waals surface area contributed by atoms with E-state index in [1.165, 1.54) is 5.57 Å². The molecular weight excluding hydrogens is 216 g/mol. The molecule has 0 aromatic rings. The first kappa shape index (κ1) is 18.4. The minimum absolute atomic E-state index is 0.0648. The highest BCUT2D eigenvalue weighted by molar-refractivity contribution is 5.65. The summed E-state index contributed by atoms with van der Waals surface area (Å²) in [5, 5.41) is 0. The van der Waals surface area contributed by atoms with E-state index in [9.17, 15) is 4.79 Å². The second kappa shape index (κ2) is 13.1. The summed E-state index contributed by atoms with van der Waals surface area (Å²) in [4.78, 5) is 10.0. The Morgan fingerprint density at radius 1 is 1.18 bits per heavy atom. The van der Waals surface area contributed by atoms with Crippen LogP contribution in [0.4, 0.5) is 0 Å². The average molecular weight is 242 g/mol. The van der Waals surface area contributed by atoms with Crippen molar-refractivity contribution in [3.05, 3.63) is 23.3 Å². The van der Waals surface area contributed by atoms with E-state index in [1.54, 1.807) is 20.3 Å². The summed E-state index contributed by atoms with van der Waals surface area (Å²) in [7, 11) is 3.21. The maximum Gasteiger partial charge on any atom is 0.154 e. The molecule has 17 heavy (non-hydrogen) atoms. The molecule has 0 N–H and O–H groups in total. The second-order valence-corrected chi connectivity index (χ2v) is 4.01. The van der Waals surface area contributed by atoms with Crippen LogP contribution in [0.1, 0.15) is 40.5 Å². The SMILES string of the molecule is CC(C)=CCC/C(C)=C\C=O.COC(C)OC. The van der Waals surface area contributed by atoms with Crippen LogP contribution >= 0.6 is 0 Å². The summed E-state index contributed by atoms with van der Waals surface area (Å²) < 4.78 is 9.35. The Hall–Kier alpha value is -0.930. The molecule has 0 aliphatic rings. The minimum atomic E-state index is -0.0648. The van der Waals surface area contributed by atoms with Gasteiger partial charge in [0, 0.05) is 14.2 Å². The molecule has 0 aromatic carbocycles. The predicted molar refractivity (Wildman–Crippen MR) is 72.0 cm³/mol. The zero-order valence-corrected chi connectivity index (χ0v) is 11.9. The molecule has 3 heteroatoms. The van der Waals surface area contributed by atoms with Crippen LogP contribution in [-0.4, -0.2) is 26.8 Å². The summed E-state index contributed by atoms with van der Waals surface area (Å²) in [6, 6.07) is 0. The molecule has 3 nitrogen and oxygen atoms in total. The molecule has 0 bridgehead atoms. The third kappa shape index (κ3) is 17.7. The van der Waals surface area contributed by atoms with Crippen molar-refractivity contribution < 1.29 is 14.3 Å². The summed E-state index contributed by atoms with van der Waals surface area (Å²) >= 11 is 0. The molecular formula is C14H26O3. The molecule has 100 valence electrons. The largest absolute Gasteiger partial charge is 0.356 e. The molecule has 0 fully saturated rings. The lowest BCUT2D eigenvalue weighted by atomic mass is 10.1. The molecule has 0 spiro atoms. The summed E-state index contributed by atoms with van der Waals surface area (Å²) in [5.41, 5.74) is 2.49. The molecule has 0 amide bonds. The number of allylic oxidation sites excluding steroid dienone is 4. The van der Waals surface area contributed by atoms with Gasteiger partial charge in [-0.2, -0.15) is 0 Å². The van der Waals surface area contributed by atoms with Gasteiger partial charge in [-0.25, -0.2) is 0 Å². The zero-order chi connectivity index (χ0) is 13.7. The Balaban J connectivity index is 0. The fourth-order valence-electron chi connectivity index (χ4n) is 0.884. The third-order valence-electron chi connectivity index (χ3n) is 2.11. The van der Waals surface area contributed by atoms with Crippen molar-refractivity contribution in [1.29, 1.82) is 0 Å². The summed E-state index contributed by atoms with van der Waals surface area (Å²) in [6.07, 6.45) is 6.62. The van der Waals surface area contributed by atoms with Gasteiger partial charge in [-0.05, 0) is 46.6 Å². The van der Waals surface area contributed by atoms with Crippen molar-refractivity contribution in [2.75, 3.05) is 14.2 Å². The van der Waals surface area contributed by atoms with E-state index in [4.69, 9.17) is 0 Å². The predicted octanol–water partition coefficient (Wildman–Crippen LogP) is 3.50. The Morgan fingerprint density at radius 3 is 2.00 bits per heavy atom. The standard InChI is InChI=1S/C10H16O.C4H10O2/c1-9(2)5-4-6-10(3)7-8-11;1-4(5-2)6-3/h5,7-8H,4,6H2,1-3H3;4H,1-3H3/b10-7-;. The number of carbonyl (C=O) groups excluding carboxylic acids is 1. The van der Waals surface area contributed by atoms with E-state index in [-0.39, 0.29) is 6.29 Å². The first-order valence-corrected chi connectivity index (χ1v) is 5.77. The normalized spacial score (nSPS) is 10.6. The maximum atomic E-state index is 10.0. The van der Waals surface area contributed by atoms with Gasteiger partial charge < -0.3 is 9.47 Å². The highest BCUT2D eigenvalue weighted by Gasteiger charge is 1.88. The Labute approximate surface area is 105 Å². The van der Waals surface area contributed by atoms with E-state index < -0.39 is 0 Å².